The maximum Gasteiger partial charge on any atom is 0.0471 e. The molecule has 0 aromatic heterocycles. The molecule has 1 N–H and O–H groups in total. The zero-order chi connectivity index (χ0) is 13.5. The molecule has 104 valence electrons. The number of hydrogen-bond donors (Lipinski definition) is 1. The highest BCUT2D eigenvalue weighted by molar-refractivity contribution is 5.91. The molecule has 2 nitrogen and oxygen atoms in total. The largest absolute Gasteiger partial charge is 0.396 e. The minimum Gasteiger partial charge on any atom is -0.396 e. The van der Waals surface area contributed by atoms with Crippen LogP contribution in [0.2, 0.25) is 0 Å². The number of rotatable bonds is 2. The summed E-state index contributed by atoms with van der Waals surface area (Å²) in [5.41, 5.74) is 2.99. The molecular weight excluding hydrogens is 246 g/mol. The Morgan fingerprint density at radius 1 is 1.15 bits per heavy atom. The van der Waals surface area contributed by atoms with E-state index in [0.717, 1.165) is 13.0 Å². The van der Waals surface area contributed by atoms with Crippen molar-refractivity contribution in [2.45, 2.75) is 25.3 Å². The molecule has 0 spiro atoms. The average Bonchev–Trinajstić information content (AvgIpc) is 2.89. The Labute approximate surface area is 120 Å². The van der Waals surface area contributed by atoms with Gasteiger partial charge in [-0.1, -0.05) is 36.4 Å². The predicted molar refractivity (Wildman–Crippen MR) is 81.8 cm³/mol. The SMILES string of the molecule is OCC1CCCN([C@@H]2Cc3cccc4cccc2c34)C1. The van der Waals surface area contributed by atoms with Crippen LogP contribution in [0.25, 0.3) is 10.8 Å². The lowest BCUT2D eigenvalue weighted by molar-refractivity contribution is 0.0894. The number of aliphatic hydroxyl groups is 1. The first-order valence-electron chi connectivity index (χ1n) is 7.72. The zero-order valence-electron chi connectivity index (χ0n) is 11.8. The Bertz CT molecular complexity index is 631. The third-order valence-electron chi connectivity index (χ3n) is 5.04. The van der Waals surface area contributed by atoms with Crippen molar-refractivity contribution < 1.29 is 5.11 Å². The van der Waals surface area contributed by atoms with Gasteiger partial charge in [-0.2, -0.15) is 0 Å². The molecule has 1 heterocycles. The maximum atomic E-state index is 9.45. The number of hydrogen-bond acceptors (Lipinski definition) is 2. The van der Waals surface area contributed by atoms with Crippen LogP contribution in [0.5, 0.6) is 0 Å². The fourth-order valence-corrected chi connectivity index (χ4v) is 4.07. The molecule has 0 amide bonds. The highest BCUT2D eigenvalue weighted by Gasteiger charge is 2.31. The smallest absolute Gasteiger partial charge is 0.0471 e. The standard InChI is InChI=1S/C18H21NO/c20-12-13-4-3-9-19(11-13)17-10-15-7-1-5-14-6-2-8-16(17)18(14)15/h1-2,5-8,13,17,20H,3-4,9-12H2/t13?,17-/m1/s1. The van der Waals surface area contributed by atoms with E-state index in [4.69, 9.17) is 0 Å². The Hall–Kier alpha value is -1.38. The molecule has 0 saturated carbocycles. The second kappa shape index (κ2) is 4.87. The van der Waals surface area contributed by atoms with Crippen LogP contribution in [0.4, 0.5) is 0 Å². The van der Waals surface area contributed by atoms with Gasteiger partial charge in [0.2, 0.25) is 0 Å². The fraction of sp³-hybridized carbons (Fsp3) is 0.444. The summed E-state index contributed by atoms with van der Waals surface area (Å²) in [5.74, 6) is 0.465. The van der Waals surface area contributed by atoms with Gasteiger partial charge in [0.05, 0.1) is 0 Å². The molecule has 1 aliphatic heterocycles. The third kappa shape index (κ3) is 1.87. The number of nitrogens with zero attached hydrogens (tertiary/aromatic N) is 1. The third-order valence-corrected chi connectivity index (χ3v) is 5.04. The molecule has 0 bridgehead atoms. The summed E-state index contributed by atoms with van der Waals surface area (Å²) in [6.45, 7) is 2.55. The van der Waals surface area contributed by atoms with E-state index in [1.807, 2.05) is 0 Å². The molecule has 2 aliphatic rings. The summed E-state index contributed by atoms with van der Waals surface area (Å²) in [6, 6.07) is 13.9. The van der Waals surface area contributed by atoms with Crippen LogP contribution in [0.3, 0.4) is 0 Å². The molecular formula is C18H21NO. The van der Waals surface area contributed by atoms with Gasteiger partial charge in [-0.05, 0) is 53.6 Å². The van der Waals surface area contributed by atoms with Gasteiger partial charge in [0.1, 0.15) is 0 Å². The van der Waals surface area contributed by atoms with Gasteiger partial charge >= 0.3 is 0 Å². The molecule has 1 aliphatic carbocycles. The van der Waals surface area contributed by atoms with E-state index in [1.165, 1.54) is 41.3 Å². The molecule has 1 saturated heterocycles. The van der Waals surface area contributed by atoms with Gasteiger partial charge in [0.25, 0.3) is 0 Å². The molecule has 2 aromatic carbocycles. The molecule has 2 aromatic rings. The number of piperidine rings is 1. The first-order valence-corrected chi connectivity index (χ1v) is 7.72. The number of likely N-dealkylation sites (tertiary alicyclic amines) is 1. The van der Waals surface area contributed by atoms with E-state index in [2.05, 4.69) is 41.3 Å². The van der Waals surface area contributed by atoms with E-state index >= 15 is 0 Å². The highest BCUT2D eigenvalue weighted by Crippen LogP contribution is 2.41. The van der Waals surface area contributed by atoms with Gasteiger partial charge in [-0.15, -0.1) is 0 Å². The Balaban J connectivity index is 1.71. The van der Waals surface area contributed by atoms with E-state index in [-0.39, 0.29) is 0 Å². The fourth-order valence-electron chi connectivity index (χ4n) is 4.07. The lowest BCUT2D eigenvalue weighted by Gasteiger charge is -2.36. The molecule has 1 unspecified atom stereocenters. The zero-order valence-corrected chi connectivity index (χ0v) is 11.8. The molecule has 20 heavy (non-hydrogen) atoms. The summed E-state index contributed by atoms with van der Waals surface area (Å²) in [7, 11) is 0. The van der Waals surface area contributed by atoms with Crippen molar-refractivity contribution in [1.29, 1.82) is 0 Å². The van der Waals surface area contributed by atoms with Crippen LogP contribution in [-0.4, -0.2) is 29.7 Å². The molecule has 1 fully saturated rings. The highest BCUT2D eigenvalue weighted by atomic mass is 16.3. The van der Waals surface area contributed by atoms with Crippen molar-refractivity contribution in [1.82, 2.24) is 4.90 Å². The lowest BCUT2D eigenvalue weighted by atomic mass is 9.95. The van der Waals surface area contributed by atoms with Crippen LogP contribution in [0.1, 0.15) is 30.0 Å². The Morgan fingerprint density at radius 2 is 2.00 bits per heavy atom. The molecule has 2 atom stereocenters. The van der Waals surface area contributed by atoms with Gasteiger partial charge in [0.15, 0.2) is 0 Å². The first-order chi connectivity index (χ1) is 9.86. The van der Waals surface area contributed by atoms with Crippen molar-refractivity contribution in [3.8, 4) is 0 Å². The van der Waals surface area contributed by atoms with Gasteiger partial charge in [-0.3, -0.25) is 4.90 Å². The van der Waals surface area contributed by atoms with Crippen molar-refractivity contribution in [2.24, 2.45) is 5.92 Å². The Morgan fingerprint density at radius 3 is 2.85 bits per heavy atom. The van der Waals surface area contributed by atoms with Crippen LogP contribution >= 0.6 is 0 Å². The summed E-state index contributed by atoms with van der Waals surface area (Å²) in [4.78, 5) is 2.60. The summed E-state index contributed by atoms with van der Waals surface area (Å²) in [5, 5.41) is 12.3. The Kier molecular flexibility index (Phi) is 3.01. The summed E-state index contributed by atoms with van der Waals surface area (Å²) in [6.07, 6.45) is 3.53. The van der Waals surface area contributed by atoms with Crippen molar-refractivity contribution >= 4 is 10.8 Å². The van der Waals surface area contributed by atoms with Gasteiger partial charge < -0.3 is 5.11 Å². The topological polar surface area (TPSA) is 23.5 Å². The van der Waals surface area contributed by atoms with Crippen LogP contribution < -0.4 is 0 Å². The van der Waals surface area contributed by atoms with Crippen LogP contribution in [0.15, 0.2) is 36.4 Å². The quantitative estimate of drug-likeness (QED) is 0.903. The second-order valence-corrected chi connectivity index (χ2v) is 6.27. The molecule has 4 rings (SSSR count). The summed E-state index contributed by atoms with van der Waals surface area (Å²) >= 11 is 0. The normalized spacial score (nSPS) is 26.2. The van der Waals surface area contributed by atoms with Crippen molar-refractivity contribution in [3.05, 3.63) is 47.5 Å². The minimum absolute atomic E-state index is 0.334. The van der Waals surface area contributed by atoms with Crippen molar-refractivity contribution in [2.75, 3.05) is 19.7 Å². The van der Waals surface area contributed by atoms with E-state index in [1.54, 1.807) is 0 Å². The second-order valence-electron chi connectivity index (χ2n) is 6.27. The molecule has 2 heteroatoms. The summed E-state index contributed by atoms with van der Waals surface area (Å²) < 4.78 is 0. The minimum atomic E-state index is 0.334. The lowest BCUT2D eigenvalue weighted by Crippen LogP contribution is -2.39. The van der Waals surface area contributed by atoms with Gasteiger partial charge in [0, 0.05) is 19.2 Å². The number of aliphatic hydroxyl groups excluding tert-OH is 1. The maximum absolute atomic E-state index is 9.45. The van der Waals surface area contributed by atoms with E-state index in [0.29, 0.717) is 18.6 Å². The van der Waals surface area contributed by atoms with Gasteiger partial charge in [-0.25, -0.2) is 0 Å². The van der Waals surface area contributed by atoms with Crippen LogP contribution in [-0.2, 0) is 6.42 Å². The first kappa shape index (κ1) is 12.4. The average molecular weight is 267 g/mol. The van der Waals surface area contributed by atoms with E-state index < -0.39 is 0 Å². The molecule has 0 radical (unpaired) electrons. The predicted octanol–water partition coefficient (Wildman–Crippen LogP) is 3.14. The van der Waals surface area contributed by atoms with Crippen LogP contribution in [0, 0.1) is 5.92 Å². The van der Waals surface area contributed by atoms with E-state index in [9.17, 15) is 5.11 Å². The van der Waals surface area contributed by atoms with Crippen molar-refractivity contribution in [3.63, 3.8) is 0 Å². The monoisotopic (exact) mass is 267 g/mol. The number of benzene rings is 2.